The normalized spacial score (nSPS) is 28.8. The highest BCUT2D eigenvalue weighted by Crippen LogP contribution is 2.46. The van der Waals surface area contributed by atoms with Gasteiger partial charge in [-0.1, -0.05) is 11.6 Å². The van der Waals surface area contributed by atoms with Gasteiger partial charge in [0, 0.05) is 28.7 Å². The van der Waals surface area contributed by atoms with Gasteiger partial charge >= 0.3 is 0 Å². The Morgan fingerprint density at radius 3 is 2.48 bits per heavy atom. The van der Waals surface area contributed by atoms with Crippen LogP contribution in [0.15, 0.2) is 30.3 Å². The van der Waals surface area contributed by atoms with Gasteiger partial charge in [0.25, 0.3) is 0 Å². The largest absolute Gasteiger partial charge is 0.494 e. The third-order valence-corrected chi connectivity index (χ3v) is 6.45. The highest BCUT2D eigenvalue weighted by Gasteiger charge is 2.46. The molecule has 178 valence electrons. The minimum atomic E-state index is -1.56. The topological polar surface area (TPSA) is 126 Å². The summed E-state index contributed by atoms with van der Waals surface area (Å²) in [5, 5.41) is 40.9. The molecule has 0 bridgehead atoms. The smallest absolute Gasteiger partial charge is 0.194 e. The van der Waals surface area contributed by atoms with Gasteiger partial charge < -0.3 is 34.6 Å². The Morgan fingerprint density at radius 2 is 1.85 bits per heavy atom. The van der Waals surface area contributed by atoms with Crippen LogP contribution in [0.25, 0.3) is 0 Å². The SMILES string of the molecule is CCOc1ccc(C(=O)c2cc([C@@H]3O[C@H](CO)[C@@H](O)[C@H](O)[C@H]3O)c3c(c2Cl)CC(C)O3)cc1. The van der Waals surface area contributed by atoms with Gasteiger partial charge in [0.15, 0.2) is 5.78 Å². The third kappa shape index (κ3) is 4.35. The Morgan fingerprint density at radius 1 is 1.15 bits per heavy atom. The van der Waals surface area contributed by atoms with Crippen LogP contribution in [-0.2, 0) is 11.2 Å². The molecule has 0 saturated carbocycles. The second-order valence-electron chi connectivity index (χ2n) is 8.30. The number of rotatable bonds is 6. The number of carbonyl (C=O) groups excluding carboxylic acids is 1. The maximum absolute atomic E-state index is 13.4. The molecule has 1 unspecified atom stereocenters. The van der Waals surface area contributed by atoms with Gasteiger partial charge in [-0.15, -0.1) is 0 Å². The molecule has 4 rings (SSSR count). The third-order valence-electron chi connectivity index (χ3n) is 6.02. The predicted molar refractivity (Wildman–Crippen MR) is 119 cm³/mol. The first-order valence-corrected chi connectivity index (χ1v) is 11.2. The number of hydrogen-bond acceptors (Lipinski definition) is 8. The average molecular weight is 479 g/mol. The van der Waals surface area contributed by atoms with Crippen molar-refractivity contribution in [3.05, 3.63) is 57.6 Å². The minimum absolute atomic E-state index is 0.198. The first-order valence-electron chi connectivity index (χ1n) is 10.9. The molecule has 8 nitrogen and oxygen atoms in total. The van der Waals surface area contributed by atoms with Gasteiger partial charge in [0.05, 0.1) is 18.2 Å². The maximum Gasteiger partial charge on any atom is 0.194 e. The lowest BCUT2D eigenvalue weighted by atomic mass is 9.88. The molecule has 1 saturated heterocycles. The van der Waals surface area contributed by atoms with E-state index in [1.54, 1.807) is 24.3 Å². The molecule has 2 aromatic carbocycles. The van der Waals surface area contributed by atoms with Crippen molar-refractivity contribution in [1.29, 1.82) is 0 Å². The first kappa shape index (κ1) is 23.9. The number of carbonyl (C=O) groups is 1. The molecule has 0 amide bonds. The van der Waals surface area contributed by atoms with Gasteiger partial charge in [0.2, 0.25) is 0 Å². The lowest BCUT2D eigenvalue weighted by molar-refractivity contribution is -0.232. The molecule has 6 atom stereocenters. The second kappa shape index (κ2) is 9.58. The van der Waals surface area contributed by atoms with Crippen LogP contribution in [0.1, 0.15) is 47.0 Å². The summed E-state index contributed by atoms with van der Waals surface area (Å²) in [6.07, 6.45) is -6.59. The van der Waals surface area contributed by atoms with Crippen molar-refractivity contribution in [3.63, 3.8) is 0 Å². The highest BCUT2D eigenvalue weighted by atomic mass is 35.5. The molecule has 2 aliphatic heterocycles. The zero-order chi connectivity index (χ0) is 23.9. The number of benzene rings is 2. The average Bonchev–Trinajstić information content (AvgIpc) is 3.21. The van der Waals surface area contributed by atoms with Crippen molar-refractivity contribution >= 4 is 17.4 Å². The summed E-state index contributed by atoms with van der Waals surface area (Å²) >= 11 is 6.64. The zero-order valence-corrected chi connectivity index (χ0v) is 19.0. The quantitative estimate of drug-likeness (QED) is 0.463. The molecule has 2 aromatic rings. The second-order valence-corrected chi connectivity index (χ2v) is 8.68. The van der Waals surface area contributed by atoms with Crippen molar-refractivity contribution in [2.75, 3.05) is 13.2 Å². The molecule has 33 heavy (non-hydrogen) atoms. The number of aliphatic hydroxyl groups excluding tert-OH is 4. The Bertz CT molecular complexity index is 1020. The van der Waals surface area contributed by atoms with Crippen molar-refractivity contribution in [2.24, 2.45) is 0 Å². The van der Waals surface area contributed by atoms with Gasteiger partial charge in [-0.3, -0.25) is 4.79 Å². The fourth-order valence-corrected chi connectivity index (χ4v) is 4.64. The van der Waals surface area contributed by atoms with Crippen LogP contribution in [0.5, 0.6) is 11.5 Å². The molecule has 2 aliphatic rings. The van der Waals surface area contributed by atoms with Crippen molar-refractivity contribution in [1.82, 2.24) is 0 Å². The molecule has 9 heteroatoms. The molecular formula is C24H27ClO8. The summed E-state index contributed by atoms with van der Waals surface area (Å²) in [6.45, 7) is 3.66. The molecule has 1 fully saturated rings. The number of fused-ring (bicyclic) bond motifs is 1. The van der Waals surface area contributed by atoms with E-state index >= 15 is 0 Å². The summed E-state index contributed by atoms with van der Waals surface area (Å²) in [7, 11) is 0. The summed E-state index contributed by atoms with van der Waals surface area (Å²) in [5.74, 6) is 0.676. The summed E-state index contributed by atoms with van der Waals surface area (Å²) in [6, 6.07) is 8.17. The van der Waals surface area contributed by atoms with Crippen LogP contribution in [-0.4, -0.2) is 69.9 Å². The van der Waals surface area contributed by atoms with Crippen molar-refractivity contribution in [3.8, 4) is 11.5 Å². The van der Waals surface area contributed by atoms with E-state index in [4.69, 9.17) is 25.8 Å². The molecule has 0 spiro atoms. The lowest BCUT2D eigenvalue weighted by Crippen LogP contribution is -2.55. The Balaban J connectivity index is 1.78. The van der Waals surface area contributed by atoms with Gasteiger partial charge in [0.1, 0.15) is 48.1 Å². The highest BCUT2D eigenvalue weighted by molar-refractivity contribution is 6.36. The van der Waals surface area contributed by atoms with E-state index in [9.17, 15) is 25.2 Å². The van der Waals surface area contributed by atoms with Crippen LogP contribution in [0.3, 0.4) is 0 Å². The monoisotopic (exact) mass is 478 g/mol. The van der Waals surface area contributed by atoms with E-state index in [2.05, 4.69) is 0 Å². The molecule has 0 aliphatic carbocycles. The van der Waals surface area contributed by atoms with E-state index in [0.717, 1.165) is 0 Å². The first-order chi connectivity index (χ1) is 15.8. The van der Waals surface area contributed by atoms with Crippen LogP contribution in [0, 0.1) is 0 Å². The lowest BCUT2D eigenvalue weighted by Gasteiger charge is -2.40. The van der Waals surface area contributed by atoms with E-state index in [-0.39, 0.29) is 22.5 Å². The zero-order valence-electron chi connectivity index (χ0n) is 18.3. The van der Waals surface area contributed by atoms with E-state index < -0.39 is 37.1 Å². The standard InChI is InChI=1S/C24H27ClO8/c1-3-31-13-6-4-12(5-7-13)19(27)14-9-16(23-15(18(14)25)8-11(2)32-23)24-22(30)21(29)20(28)17(10-26)33-24/h4-7,9,11,17,20-22,24,26,28-30H,3,8,10H2,1-2H3/t11?,17-,20-,21+,22-,24+/m1/s1. The Labute approximate surface area is 196 Å². The maximum atomic E-state index is 13.4. The van der Waals surface area contributed by atoms with Crippen LogP contribution < -0.4 is 9.47 Å². The fourth-order valence-electron chi connectivity index (χ4n) is 4.33. The number of aliphatic hydroxyl groups is 4. The Hall–Kier alpha value is -2.20. The molecule has 0 aromatic heterocycles. The molecule has 0 radical (unpaired) electrons. The van der Waals surface area contributed by atoms with Gasteiger partial charge in [-0.05, 0) is 44.2 Å². The van der Waals surface area contributed by atoms with E-state index in [0.29, 0.717) is 41.2 Å². The Kier molecular flexibility index (Phi) is 6.95. The molecule has 4 N–H and O–H groups in total. The summed E-state index contributed by atoms with van der Waals surface area (Å²) < 4.78 is 17.1. The minimum Gasteiger partial charge on any atom is -0.494 e. The number of ketones is 1. The number of ether oxygens (including phenoxy) is 3. The predicted octanol–water partition coefficient (Wildman–Crippen LogP) is 1.81. The van der Waals surface area contributed by atoms with Crippen molar-refractivity contribution < 1.29 is 39.4 Å². The summed E-state index contributed by atoms with van der Waals surface area (Å²) in [5.41, 5.74) is 1.52. The number of halogens is 1. The van der Waals surface area contributed by atoms with Crippen molar-refractivity contribution in [2.45, 2.75) is 56.9 Å². The fraction of sp³-hybridized carbons (Fsp3) is 0.458. The molecular weight excluding hydrogens is 452 g/mol. The van der Waals surface area contributed by atoms with Crippen LogP contribution in [0.4, 0.5) is 0 Å². The summed E-state index contributed by atoms with van der Waals surface area (Å²) in [4.78, 5) is 13.4. The number of hydrogen-bond donors (Lipinski definition) is 4. The molecule has 2 heterocycles. The van der Waals surface area contributed by atoms with Crippen LogP contribution >= 0.6 is 11.6 Å². The van der Waals surface area contributed by atoms with E-state index in [1.807, 2.05) is 13.8 Å². The van der Waals surface area contributed by atoms with Crippen LogP contribution in [0.2, 0.25) is 5.02 Å². The van der Waals surface area contributed by atoms with Gasteiger partial charge in [-0.25, -0.2) is 0 Å². The van der Waals surface area contributed by atoms with Gasteiger partial charge in [-0.2, -0.15) is 0 Å². The van der Waals surface area contributed by atoms with E-state index in [1.165, 1.54) is 6.07 Å².